The first kappa shape index (κ1) is 29.4. The van der Waals surface area contributed by atoms with Crippen LogP contribution >= 0.6 is 0 Å². The predicted molar refractivity (Wildman–Crippen MR) is 159 cm³/mol. The Morgan fingerprint density at radius 1 is 0.976 bits per heavy atom. The Hall–Kier alpha value is -4.57. The number of ether oxygens (including phenoxy) is 1. The number of likely N-dealkylation sites (N-methyl/N-ethyl adjacent to an activating group) is 1. The predicted octanol–water partition coefficient (Wildman–Crippen LogP) is 4.64. The lowest BCUT2D eigenvalue weighted by Gasteiger charge is -2.34. The van der Waals surface area contributed by atoms with E-state index in [1.807, 2.05) is 55.5 Å². The first-order chi connectivity index (χ1) is 19.7. The monoisotopic (exact) mass is 559 g/mol. The second kappa shape index (κ2) is 13.7. The van der Waals surface area contributed by atoms with Crippen molar-refractivity contribution < 1.29 is 24.2 Å². The lowest BCUT2D eigenvalue weighted by Crippen LogP contribution is -2.48. The summed E-state index contributed by atoms with van der Waals surface area (Å²) in [6, 6.07) is 22.3. The lowest BCUT2D eigenvalue weighted by atomic mass is 10.0. The van der Waals surface area contributed by atoms with Gasteiger partial charge in [0, 0.05) is 42.1 Å². The zero-order valence-corrected chi connectivity index (χ0v) is 23.5. The maximum absolute atomic E-state index is 13.4. The highest BCUT2D eigenvalue weighted by Crippen LogP contribution is 2.29. The Balaban J connectivity index is 1.56. The topological polar surface area (TPSA) is 123 Å². The van der Waals surface area contributed by atoms with Gasteiger partial charge < -0.3 is 35.6 Å². The zero-order chi connectivity index (χ0) is 29.4. The standard InChI is InChI=1S/C31H37N5O5/c1-21-18-36(22(2)20-37)29(38)17-23-16-26(33-30(39)32-24-10-6-4-7-11-24)14-15-27(23)41-28(21)19-35(3)31(40)34-25-12-8-5-9-13-25/h4-16,21-22,28,37H,17-20H2,1-3H3,(H,34,40)(H2,32,33,39)/t21-,22+,28+/m1/s1. The Morgan fingerprint density at radius 3 is 2.22 bits per heavy atom. The number of urea groups is 2. The van der Waals surface area contributed by atoms with Crippen LogP contribution < -0.4 is 20.7 Å². The molecule has 41 heavy (non-hydrogen) atoms. The maximum atomic E-state index is 13.4. The van der Waals surface area contributed by atoms with Crippen LogP contribution in [0.3, 0.4) is 0 Å². The summed E-state index contributed by atoms with van der Waals surface area (Å²) in [5.74, 6) is 0.171. The number of hydrogen-bond donors (Lipinski definition) is 4. The fraction of sp³-hybridized carbons (Fsp3) is 0.323. The van der Waals surface area contributed by atoms with Crippen molar-refractivity contribution in [3.8, 4) is 5.75 Å². The quantitative estimate of drug-likeness (QED) is 0.336. The van der Waals surface area contributed by atoms with Crippen molar-refractivity contribution in [1.82, 2.24) is 9.80 Å². The van der Waals surface area contributed by atoms with Gasteiger partial charge >= 0.3 is 12.1 Å². The maximum Gasteiger partial charge on any atom is 0.323 e. The molecule has 10 heteroatoms. The molecule has 4 rings (SSSR count). The van der Waals surface area contributed by atoms with Gasteiger partial charge in [0.1, 0.15) is 11.9 Å². The van der Waals surface area contributed by atoms with Crippen molar-refractivity contribution in [3.05, 3.63) is 84.4 Å². The van der Waals surface area contributed by atoms with E-state index in [4.69, 9.17) is 4.74 Å². The number of carbonyl (C=O) groups excluding carboxylic acids is 3. The van der Waals surface area contributed by atoms with Gasteiger partial charge in [-0.3, -0.25) is 4.79 Å². The molecule has 0 aliphatic carbocycles. The summed E-state index contributed by atoms with van der Waals surface area (Å²) in [6.45, 7) is 4.18. The summed E-state index contributed by atoms with van der Waals surface area (Å²) in [5, 5.41) is 18.3. The Morgan fingerprint density at radius 2 is 1.59 bits per heavy atom. The van der Waals surface area contributed by atoms with Crippen LogP contribution in [0.1, 0.15) is 19.4 Å². The molecule has 5 amide bonds. The highest BCUT2D eigenvalue weighted by atomic mass is 16.5. The molecular weight excluding hydrogens is 522 g/mol. The third-order valence-electron chi connectivity index (χ3n) is 7.03. The van der Waals surface area contributed by atoms with Crippen LogP contribution in [0, 0.1) is 5.92 Å². The average molecular weight is 560 g/mol. The number of nitrogens with one attached hydrogen (secondary N) is 3. The largest absolute Gasteiger partial charge is 0.488 e. The lowest BCUT2D eigenvalue weighted by molar-refractivity contribution is -0.134. The van der Waals surface area contributed by atoms with Gasteiger partial charge in [-0.05, 0) is 49.4 Å². The summed E-state index contributed by atoms with van der Waals surface area (Å²) < 4.78 is 6.47. The highest BCUT2D eigenvalue weighted by molar-refractivity contribution is 6.00. The summed E-state index contributed by atoms with van der Waals surface area (Å²) >= 11 is 0. The number of amides is 5. The number of aliphatic hydroxyl groups excluding tert-OH is 1. The molecule has 0 unspecified atom stereocenters. The molecule has 0 radical (unpaired) electrons. The van der Waals surface area contributed by atoms with E-state index in [1.54, 1.807) is 54.1 Å². The molecule has 3 atom stereocenters. The van der Waals surface area contributed by atoms with Gasteiger partial charge in [-0.15, -0.1) is 0 Å². The smallest absolute Gasteiger partial charge is 0.323 e. The van der Waals surface area contributed by atoms with Crippen molar-refractivity contribution >= 4 is 35.0 Å². The van der Waals surface area contributed by atoms with E-state index in [2.05, 4.69) is 16.0 Å². The number of anilines is 3. The number of benzene rings is 3. The molecule has 0 saturated heterocycles. The van der Waals surface area contributed by atoms with Crippen LogP contribution in [0.15, 0.2) is 78.9 Å². The molecular formula is C31H37N5O5. The van der Waals surface area contributed by atoms with Crippen molar-refractivity contribution in [2.45, 2.75) is 32.4 Å². The molecule has 3 aromatic carbocycles. The summed E-state index contributed by atoms with van der Waals surface area (Å²) in [5.41, 5.74) is 2.43. The van der Waals surface area contributed by atoms with E-state index >= 15 is 0 Å². The Kier molecular flexibility index (Phi) is 9.81. The molecule has 0 saturated carbocycles. The number of para-hydroxylation sites is 2. The Bertz CT molecular complexity index is 1340. The summed E-state index contributed by atoms with van der Waals surface area (Å²) in [6.07, 6.45) is -0.432. The number of aliphatic hydroxyl groups is 1. The third-order valence-corrected chi connectivity index (χ3v) is 7.03. The van der Waals surface area contributed by atoms with E-state index in [0.717, 1.165) is 0 Å². The number of carbonyl (C=O) groups is 3. The van der Waals surface area contributed by atoms with E-state index in [-0.39, 0.29) is 37.4 Å². The molecule has 216 valence electrons. The molecule has 10 nitrogen and oxygen atoms in total. The van der Waals surface area contributed by atoms with E-state index < -0.39 is 18.2 Å². The number of hydrogen-bond acceptors (Lipinski definition) is 5. The number of rotatable bonds is 7. The van der Waals surface area contributed by atoms with Crippen molar-refractivity contribution in [2.75, 3.05) is 42.7 Å². The van der Waals surface area contributed by atoms with Gasteiger partial charge in [0.25, 0.3) is 0 Å². The zero-order valence-electron chi connectivity index (χ0n) is 23.5. The molecule has 1 heterocycles. The molecule has 0 fully saturated rings. The molecule has 1 aliphatic rings. The van der Waals surface area contributed by atoms with Gasteiger partial charge in [-0.25, -0.2) is 9.59 Å². The average Bonchev–Trinajstić information content (AvgIpc) is 3.01. The van der Waals surface area contributed by atoms with Gasteiger partial charge in [0.15, 0.2) is 0 Å². The second-order valence-electron chi connectivity index (χ2n) is 10.3. The van der Waals surface area contributed by atoms with Crippen molar-refractivity contribution in [3.63, 3.8) is 0 Å². The fourth-order valence-electron chi connectivity index (χ4n) is 4.63. The van der Waals surface area contributed by atoms with Crippen LogP contribution in [0.4, 0.5) is 26.7 Å². The summed E-state index contributed by atoms with van der Waals surface area (Å²) in [7, 11) is 1.69. The van der Waals surface area contributed by atoms with Crippen molar-refractivity contribution in [2.24, 2.45) is 5.92 Å². The molecule has 3 aromatic rings. The van der Waals surface area contributed by atoms with Gasteiger partial charge in [0.05, 0.1) is 25.6 Å². The second-order valence-corrected chi connectivity index (χ2v) is 10.3. The normalized spacial score (nSPS) is 17.6. The van der Waals surface area contributed by atoms with Crippen molar-refractivity contribution in [1.29, 1.82) is 0 Å². The van der Waals surface area contributed by atoms with Crippen LogP contribution in [-0.4, -0.2) is 71.8 Å². The number of nitrogens with zero attached hydrogens (tertiary/aromatic N) is 2. The van der Waals surface area contributed by atoms with Crippen LogP contribution in [0.5, 0.6) is 5.75 Å². The third kappa shape index (κ3) is 7.98. The van der Waals surface area contributed by atoms with Crippen LogP contribution in [0.2, 0.25) is 0 Å². The molecule has 4 N–H and O–H groups in total. The molecule has 0 spiro atoms. The minimum absolute atomic E-state index is 0.0271. The molecule has 0 aromatic heterocycles. The van der Waals surface area contributed by atoms with Gasteiger partial charge in [-0.2, -0.15) is 0 Å². The first-order valence-corrected chi connectivity index (χ1v) is 13.6. The van der Waals surface area contributed by atoms with E-state index in [1.165, 1.54) is 0 Å². The van der Waals surface area contributed by atoms with E-state index in [9.17, 15) is 19.5 Å². The summed E-state index contributed by atoms with van der Waals surface area (Å²) in [4.78, 5) is 42.1. The SMILES string of the molecule is C[C@@H]1CN([C@@H](C)CO)C(=O)Cc2cc(NC(=O)Nc3ccccc3)ccc2O[C@H]1CN(C)C(=O)Nc1ccccc1. The van der Waals surface area contributed by atoms with Crippen LogP contribution in [-0.2, 0) is 11.2 Å². The fourth-order valence-corrected chi connectivity index (χ4v) is 4.63. The van der Waals surface area contributed by atoms with Crippen LogP contribution in [0.25, 0.3) is 0 Å². The Labute approximate surface area is 240 Å². The highest BCUT2D eigenvalue weighted by Gasteiger charge is 2.32. The molecule has 0 bridgehead atoms. The minimum atomic E-state index is -0.459. The van der Waals surface area contributed by atoms with Gasteiger partial charge in [0.2, 0.25) is 5.91 Å². The molecule has 1 aliphatic heterocycles. The minimum Gasteiger partial charge on any atom is -0.488 e. The van der Waals surface area contributed by atoms with E-state index in [0.29, 0.717) is 34.9 Å². The first-order valence-electron chi connectivity index (χ1n) is 13.6. The number of fused-ring (bicyclic) bond motifs is 1. The van der Waals surface area contributed by atoms with Gasteiger partial charge in [-0.1, -0.05) is 43.3 Å².